The molecule has 0 heterocycles. The van der Waals surface area contributed by atoms with E-state index in [1.54, 1.807) is 6.92 Å². The van der Waals surface area contributed by atoms with Crippen LogP contribution in [0.15, 0.2) is 0 Å². The molecule has 2 atom stereocenters. The molecule has 1 aliphatic rings. The lowest BCUT2D eigenvalue weighted by molar-refractivity contribution is -0.193. The van der Waals surface area contributed by atoms with Crippen molar-refractivity contribution in [1.29, 1.82) is 0 Å². The van der Waals surface area contributed by atoms with Gasteiger partial charge in [-0.1, -0.05) is 6.42 Å². The third-order valence-electron chi connectivity index (χ3n) is 3.45. The van der Waals surface area contributed by atoms with E-state index in [1.807, 2.05) is 13.8 Å². The number of alkyl halides is 3. The molecule has 1 rings (SSSR count). The fourth-order valence-electron chi connectivity index (χ4n) is 2.75. The van der Waals surface area contributed by atoms with Gasteiger partial charge in [-0.2, -0.15) is 13.2 Å². The van der Waals surface area contributed by atoms with Gasteiger partial charge in [0.15, 0.2) is 0 Å². The van der Waals surface area contributed by atoms with Crippen LogP contribution in [0, 0.1) is 5.92 Å². The van der Waals surface area contributed by atoms with Gasteiger partial charge in [0.05, 0.1) is 12.5 Å². The van der Waals surface area contributed by atoms with Gasteiger partial charge in [0.25, 0.3) is 0 Å². The fourth-order valence-corrected chi connectivity index (χ4v) is 2.75. The molecule has 0 radical (unpaired) electrons. The van der Waals surface area contributed by atoms with Gasteiger partial charge in [-0.3, -0.25) is 10.1 Å². The number of halogens is 3. The average molecular weight is 281 g/mol. The molecular weight excluding hydrogens is 259 g/mol. The van der Waals surface area contributed by atoms with Crippen molar-refractivity contribution in [2.45, 2.75) is 64.2 Å². The van der Waals surface area contributed by atoms with E-state index in [4.69, 9.17) is 4.74 Å². The van der Waals surface area contributed by atoms with Crippen LogP contribution in [0.3, 0.4) is 0 Å². The Morgan fingerprint density at radius 3 is 2.58 bits per heavy atom. The van der Waals surface area contributed by atoms with E-state index in [0.717, 1.165) is 0 Å². The van der Waals surface area contributed by atoms with Crippen molar-refractivity contribution in [3.05, 3.63) is 0 Å². The van der Waals surface area contributed by atoms with E-state index in [9.17, 15) is 18.0 Å². The summed E-state index contributed by atoms with van der Waals surface area (Å²) in [6.07, 6.45) is -3.62. The number of nitrogens with one attached hydrogen (secondary N) is 1. The summed E-state index contributed by atoms with van der Waals surface area (Å²) in [5, 5.41) is 3.01. The first-order valence-corrected chi connectivity index (χ1v) is 6.73. The fraction of sp³-hybridized carbons (Fsp3) is 0.923. The predicted octanol–water partition coefficient (Wildman–Crippen LogP) is 3.04. The summed E-state index contributed by atoms with van der Waals surface area (Å²) in [7, 11) is 0. The molecule has 1 N–H and O–H groups in total. The molecular formula is C13H22F3NO2. The summed E-state index contributed by atoms with van der Waals surface area (Å²) in [5.41, 5.74) is -1.19. The molecule has 0 bridgehead atoms. The van der Waals surface area contributed by atoms with Gasteiger partial charge in [0, 0.05) is 6.04 Å². The molecule has 0 spiro atoms. The number of ether oxygens (including phenoxy) is 1. The summed E-state index contributed by atoms with van der Waals surface area (Å²) in [4.78, 5) is 12.1. The third-order valence-corrected chi connectivity index (χ3v) is 3.45. The quantitative estimate of drug-likeness (QED) is 0.805. The summed E-state index contributed by atoms with van der Waals surface area (Å²) in [6.45, 7) is 5.47. The first-order valence-electron chi connectivity index (χ1n) is 6.73. The Balaban J connectivity index is 2.93. The standard InChI is InChI=1S/C13H22F3NO2/c1-4-19-11(18)12(17-9(2)3)7-5-6-10(8-12)13(14,15)16/h9-10,17H,4-8H2,1-3H3. The molecule has 0 aliphatic heterocycles. The molecule has 1 aliphatic carbocycles. The van der Waals surface area contributed by atoms with Crippen molar-refractivity contribution in [1.82, 2.24) is 5.32 Å². The molecule has 0 aromatic heterocycles. The largest absolute Gasteiger partial charge is 0.465 e. The number of hydrogen-bond donors (Lipinski definition) is 1. The summed E-state index contributed by atoms with van der Waals surface area (Å²) >= 11 is 0. The van der Waals surface area contributed by atoms with Gasteiger partial charge in [0.2, 0.25) is 0 Å². The smallest absolute Gasteiger partial charge is 0.391 e. The predicted molar refractivity (Wildman–Crippen MR) is 65.6 cm³/mol. The van der Waals surface area contributed by atoms with Crippen LogP contribution in [0.5, 0.6) is 0 Å². The molecule has 0 saturated heterocycles. The van der Waals surface area contributed by atoms with Gasteiger partial charge in [0.1, 0.15) is 5.54 Å². The number of carbonyl (C=O) groups is 1. The Hall–Kier alpha value is -0.780. The minimum absolute atomic E-state index is 0.0728. The van der Waals surface area contributed by atoms with Crippen LogP contribution < -0.4 is 5.32 Å². The second-order valence-electron chi connectivity index (χ2n) is 5.44. The van der Waals surface area contributed by atoms with Crippen molar-refractivity contribution < 1.29 is 22.7 Å². The first kappa shape index (κ1) is 16.3. The zero-order chi connectivity index (χ0) is 14.7. The lowest BCUT2D eigenvalue weighted by atomic mass is 9.75. The van der Waals surface area contributed by atoms with E-state index in [-0.39, 0.29) is 25.5 Å². The third kappa shape index (κ3) is 4.09. The van der Waals surface area contributed by atoms with Crippen molar-refractivity contribution in [2.75, 3.05) is 6.61 Å². The Kier molecular flexibility index (Phi) is 5.24. The molecule has 0 aromatic rings. The highest BCUT2D eigenvalue weighted by Crippen LogP contribution is 2.42. The molecule has 3 nitrogen and oxygen atoms in total. The van der Waals surface area contributed by atoms with Crippen LogP contribution in [0.2, 0.25) is 0 Å². The highest BCUT2D eigenvalue weighted by Gasteiger charge is 2.51. The topological polar surface area (TPSA) is 38.3 Å². The Labute approximate surface area is 111 Å². The zero-order valence-electron chi connectivity index (χ0n) is 11.6. The summed E-state index contributed by atoms with van der Waals surface area (Å²) < 4.78 is 43.7. The number of hydrogen-bond acceptors (Lipinski definition) is 3. The van der Waals surface area contributed by atoms with Crippen LogP contribution in [-0.2, 0) is 9.53 Å². The van der Waals surface area contributed by atoms with Gasteiger partial charge >= 0.3 is 12.1 Å². The van der Waals surface area contributed by atoms with Crippen molar-refractivity contribution >= 4 is 5.97 Å². The summed E-state index contributed by atoms with van der Waals surface area (Å²) in [6, 6.07) is -0.0728. The number of esters is 1. The van der Waals surface area contributed by atoms with E-state index in [1.165, 1.54) is 0 Å². The highest BCUT2D eigenvalue weighted by molar-refractivity contribution is 5.81. The monoisotopic (exact) mass is 281 g/mol. The maximum atomic E-state index is 12.9. The second kappa shape index (κ2) is 6.11. The van der Waals surface area contributed by atoms with Crippen molar-refractivity contribution in [2.24, 2.45) is 5.92 Å². The zero-order valence-corrected chi connectivity index (χ0v) is 11.6. The first-order chi connectivity index (χ1) is 8.71. The molecule has 2 unspecified atom stereocenters. The van der Waals surface area contributed by atoms with Gasteiger partial charge in [-0.25, -0.2) is 0 Å². The lowest BCUT2D eigenvalue weighted by Crippen LogP contribution is -2.59. The molecule has 0 aromatic carbocycles. The van der Waals surface area contributed by atoms with Crippen molar-refractivity contribution in [3.63, 3.8) is 0 Å². The van der Waals surface area contributed by atoms with E-state index in [0.29, 0.717) is 12.8 Å². The Morgan fingerprint density at radius 2 is 2.11 bits per heavy atom. The molecule has 1 fully saturated rings. The normalized spacial score (nSPS) is 28.5. The van der Waals surface area contributed by atoms with E-state index in [2.05, 4.69) is 5.32 Å². The van der Waals surface area contributed by atoms with Gasteiger partial charge in [-0.05, 0) is 40.0 Å². The minimum Gasteiger partial charge on any atom is -0.465 e. The minimum atomic E-state index is -4.25. The van der Waals surface area contributed by atoms with Crippen LogP contribution >= 0.6 is 0 Å². The average Bonchev–Trinajstić information content (AvgIpc) is 2.27. The van der Waals surface area contributed by atoms with Crippen LogP contribution in [-0.4, -0.2) is 30.3 Å². The molecule has 19 heavy (non-hydrogen) atoms. The highest BCUT2D eigenvalue weighted by atomic mass is 19.4. The molecule has 6 heteroatoms. The molecule has 112 valence electrons. The SMILES string of the molecule is CCOC(=O)C1(NC(C)C)CCCC(C(F)(F)F)C1. The van der Waals surface area contributed by atoms with Crippen molar-refractivity contribution in [3.8, 4) is 0 Å². The molecule has 1 saturated carbocycles. The van der Waals surface area contributed by atoms with E-state index < -0.39 is 23.6 Å². The molecule has 0 amide bonds. The Bertz CT molecular complexity index is 318. The maximum Gasteiger partial charge on any atom is 0.391 e. The maximum absolute atomic E-state index is 12.9. The van der Waals surface area contributed by atoms with Gasteiger partial charge < -0.3 is 4.74 Å². The summed E-state index contributed by atoms with van der Waals surface area (Å²) in [5.74, 6) is -1.99. The second-order valence-corrected chi connectivity index (χ2v) is 5.44. The Morgan fingerprint density at radius 1 is 1.47 bits per heavy atom. The van der Waals surface area contributed by atoms with Gasteiger partial charge in [-0.15, -0.1) is 0 Å². The van der Waals surface area contributed by atoms with Crippen LogP contribution in [0.1, 0.15) is 46.5 Å². The van der Waals surface area contributed by atoms with Crippen LogP contribution in [0.25, 0.3) is 0 Å². The number of carbonyl (C=O) groups excluding carboxylic acids is 1. The number of rotatable bonds is 4. The van der Waals surface area contributed by atoms with Crippen LogP contribution in [0.4, 0.5) is 13.2 Å². The van der Waals surface area contributed by atoms with E-state index >= 15 is 0 Å². The lowest BCUT2D eigenvalue weighted by Gasteiger charge is -2.41.